The third kappa shape index (κ3) is 42.0. The zero-order valence-corrected chi connectivity index (χ0v) is 27.3. The molecule has 0 fully saturated rings. The molecule has 2 nitrogen and oxygen atoms in total. The summed E-state index contributed by atoms with van der Waals surface area (Å²) in [6.45, 7) is 4.65. The molecular weight excluding hydrogens is 500 g/mol. The van der Waals surface area contributed by atoms with Gasteiger partial charge in [-0.2, -0.15) is 0 Å². The van der Waals surface area contributed by atoms with Crippen molar-refractivity contribution in [1.29, 1.82) is 0 Å². The third-order valence-corrected chi connectivity index (χ3v) is 7.67. The van der Waals surface area contributed by atoms with E-state index < -0.39 is 0 Å². The largest absolute Gasteiger partial charge is 0.395 e. The number of carbonyl (C=O) groups excluding carboxylic acids is 1. The van der Waals surface area contributed by atoms with E-state index in [1.54, 1.807) is 0 Å². The van der Waals surface area contributed by atoms with Gasteiger partial charge in [0.15, 0.2) is 0 Å². The van der Waals surface area contributed by atoms with Gasteiger partial charge in [-0.25, -0.2) is 0 Å². The van der Waals surface area contributed by atoms with Gasteiger partial charge < -0.3 is 9.90 Å². The van der Waals surface area contributed by atoms with Crippen LogP contribution in [0.5, 0.6) is 0 Å². The van der Waals surface area contributed by atoms with E-state index >= 15 is 0 Å². The van der Waals surface area contributed by atoms with Crippen molar-refractivity contribution in [2.45, 2.75) is 193 Å². The highest BCUT2D eigenvalue weighted by Crippen LogP contribution is 2.12. The summed E-state index contributed by atoms with van der Waals surface area (Å²) in [5.74, 6) is 0. The molecule has 0 aromatic rings. The molecule has 0 aliphatic rings. The smallest absolute Gasteiger partial charge is 0.119 e. The number of alkyl halides is 1. The van der Waals surface area contributed by atoms with Crippen LogP contribution in [-0.4, -0.2) is 23.4 Å². The highest BCUT2D eigenvalue weighted by molar-refractivity contribution is 6.20. The van der Waals surface area contributed by atoms with Crippen molar-refractivity contribution < 1.29 is 9.90 Å². The van der Waals surface area contributed by atoms with Crippen LogP contribution in [0.25, 0.3) is 0 Å². The Bertz CT molecular complexity index is 488. The van der Waals surface area contributed by atoms with Gasteiger partial charge in [0.05, 0.1) is 12.0 Å². The molecule has 0 rings (SSSR count). The molecule has 0 radical (unpaired) electrons. The highest BCUT2D eigenvalue weighted by Gasteiger charge is 2.00. The second-order valence-electron chi connectivity index (χ2n) is 11.3. The zero-order valence-electron chi connectivity index (χ0n) is 26.5. The number of aliphatic hydroxyl groups is 1. The molecule has 3 heteroatoms. The van der Waals surface area contributed by atoms with Gasteiger partial charge in [-0.15, -0.1) is 11.6 Å². The summed E-state index contributed by atoms with van der Waals surface area (Å²) in [4.78, 5) is 10.1. The molecule has 1 unspecified atom stereocenters. The molecule has 0 spiro atoms. The van der Waals surface area contributed by atoms with Crippen LogP contribution in [0.1, 0.15) is 187 Å². The molecule has 0 aliphatic carbocycles. The van der Waals surface area contributed by atoms with E-state index in [1.165, 1.54) is 148 Å². The van der Waals surface area contributed by atoms with Crippen LogP contribution < -0.4 is 0 Å². The lowest BCUT2D eigenvalue weighted by Crippen LogP contribution is -2.03. The summed E-state index contributed by atoms with van der Waals surface area (Å²) in [7, 11) is 0. The Balaban J connectivity index is 0. The van der Waals surface area contributed by atoms with E-state index in [4.69, 9.17) is 16.7 Å². The van der Waals surface area contributed by atoms with Gasteiger partial charge >= 0.3 is 0 Å². The van der Waals surface area contributed by atoms with Crippen LogP contribution in [0.3, 0.4) is 0 Å². The van der Waals surface area contributed by atoms with Crippen LogP contribution >= 0.6 is 11.6 Å². The summed E-state index contributed by atoms with van der Waals surface area (Å²) >= 11 is 5.86. The van der Waals surface area contributed by atoms with E-state index in [-0.39, 0.29) is 12.0 Å². The minimum absolute atomic E-state index is 0.0350. The van der Waals surface area contributed by atoms with E-state index in [1.807, 2.05) is 0 Å². The number of hydrogen-bond donors (Lipinski definition) is 1. The first kappa shape index (κ1) is 40.5. The van der Waals surface area contributed by atoms with Gasteiger partial charge in [-0.05, 0) is 64.2 Å². The van der Waals surface area contributed by atoms with Gasteiger partial charge in [-0.3, -0.25) is 0 Å². The minimum atomic E-state index is -0.0350. The molecule has 0 heterocycles. The van der Waals surface area contributed by atoms with Crippen LogP contribution in [-0.2, 0) is 4.79 Å². The standard InChI is InChI=1S/C18H35ClO.C18H34O/c1-2-3-4-5-6-7-8-9-10-11-12-13-14-15-16-18(19)17-20;1-2-3-4-5-6-7-8-9-10-11-12-13-14-15-16-17-18-19/h9-10,18,20H,2-8,11-17H2,1H3;9-10,18H,2-8,11-17H2,1H3/b2*10-9+. The van der Waals surface area contributed by atoms with Gasteiger partial charge in [0.2, 0.25) is 0 Å². The summed E-state index contributed by atoms with van der Waals surface area (Å²) in [6, 6.07) is 0. The Morgan fingerprint density at radius 1 is 0.487 bits per heavy atom. The average Bonchev–Trinajstić information content (AvgIpc) is 2.95. The molecule has 232 valence electrons. The molecule has 0 aliphatic heterocycles. The van der Waals surface area contributed by atoms with Crippen LogP contribution in [0.2, 0.25) is 0 Å². The lowest BCUT2D eigenvalue weighted by atomic mass is 10.1. The number of hydrogen-bond acceptors (Lipinski definition) is 2. The summed E-state index contributed by atoms with van der Waals surface area (Å²) in [5.41, 5.74) is 0. The quantitative estimate of drug-likeness (QED) is 0.0404. The second kappa shape index (κ2) is 39.5. The van der Waals surface area contributed by atoms with Crippen molar-refractivity contribution in [2.75, 3.05) is 6.61 Å². The Labute approximate surface area is 250 Å². The molecule has 0 amide bonds. The number of unbranched alkanes of at least 4 members (excludes halogenated alkanes) is 22. The number of aldehydes is 1. The zero-order chi connectivity index (χ0) is 28.9. The first-order valence-corrected chi connectivity index (χ1v) is 17.6. The SMILES string of the molecule is CCCCCCCC/C=C/CCCCCCC(Cl)CO.CCCCCCCC/C=C/CCCCCCCC=O. The second-order valence-corrected chi connectivity index (χ2v) is 12.0. The fourth-order valence-electron chi connectivity index (χ4n) is 4.65. The Morgan fingerprint density at radius 2 is 0.795 bits per heavy atom. The molecule has 1 atom stereocenters. The number of carbonyl (C=O) groups is 1. The predicted octanol–water partition coefficient (Wildman–Crippen LogP) is 12.5. The monoisotopic (exact) mass is 568 g/mol. The van der Waals surface area contributed by atoms with Crippen molar-refractivity contribution in [3.05, 3.63) is 24.3 Å². The first-order valence-electron chi connectivity index (χ1n) is 17.2. The van der Waals surface area contributed by atoms with E-state index in [9.17, 15) is 4.79 Å². The predicted molar refractivity (Wildman–Crippen MR) is 177 cm³/mol. The Kier molecular flexibility index (Phi) is 41.1. The molecule has 0 saturated heterocycles. The van der Waals surface area contributed by atoms with Crippen LogP contribution in [0.15, 0.2) is 24.3 Å². The van der Waals surface area contributed by atoms with Crippen molar-refractivity contribution in [3.8, 4) is 0 Å². The first-order chi connectivity index (χ1) is 19.2. The minimum Gasteiger partial charge on any atom is -0.395 e. The number of allylic oxidation sites excluding steroid dienone is 4. The van der Waals surface area contributed by atoms with Crippen molar-refractivity contribution in [1.82, 2.24) is 0 Å². The Morgan fingerprint density at radius 3 is 1.13 bits per heavy atom. The molecule has 0 bridgehead atoms. The van der Waals surface area contributed by atoms with Gasteiger partial charge in [0.25, 0.3) is 0 Å². The molecule has 0 aromatic heterocycles. The molecule has 0 saturated carbocycles. The number of rotatable bonds is 30. The third-order valence-electron chi connectivity index (χ3n) is 7.31. The normalized spacial score (nSPS) is 12.2. The molecule has 0 aromatic carbocycles. The maximum absolute atomic E-state index is 10.1. The molecule has 1 N–H and O–H groups in total. The lowest BCUT2D eigenvalue weighted by molar-refractivity contribution is -0.107. The van der Waals surface area contributed by atoms with E-state index in [0.717, 1.165) is 32.0 Å². The van der Waals surface area contributed by atoms with Crippen molar-refractivity contribution in [2.24, 2.45) is 0 Å². The fraction of sp³-hybridized carbons (Fsp3) is 0.861. The molecular formula is C36H69ClO2. The maximum Gasteiger partial charge on any atom is 0.119 e. The van der Waals surface area contributed by atoms with Gasteiger partial charge in [0.1, 0.15) is 6.29 Å². The lowest BCUT2D eigenvalue weighted by Gasteiger charge is -2.04. The van der Waals surface area contributed by atoms with Gasteiger partial charge in [-0.1, -0.05) is 141 Å². The van der Waals surface area contributed by atoms with E-state index in [0.29, 0.717) is 0 Å². The highest BCUT2D eigenvalue weighted by atomic mass is 35.5. The number of aliphatic hydroxyl groups excluding tert-OH is 1. The summed E-state index contributed by atoms with van der Waals surface area (Å²) in [6.07, 6.45) is 45.0. The average molecular weight is 569 g/mol. The fourth-order valence-corrected chi connectivity index (χ4v) is 4.80. The topological polar surface area (TPSA) is 37.3 Å². The molecule has 39 heavy (non-hydrogen) atoms. The van der Waals surface area contributed by atoms with Crippen LogP contribution in [0.4, 0.5) is 0 Å². The van der Waals surface area contributed by atoms with Crippen molar-refractivity contribution in [3.63, 3.8) is 0 Å². The summed E-state index contributed by atoms with van der Waals surface area (Å²) < 4.78 is 0. The van der Waals surface area contributed by atoms with E-state index in [2.05, 4.69) is 38.2 Å². The maximum atomic E-state index is 10.1. The summed E-state index contributed by atoms with van der Waals surface area (Å²) in [5, 5.41) is 8.76. The van der Waals surface area contributed by atoms with Crippen molar-refractivity contribution >= 4 is 17.9 Å². The van der Waals surface area contributed by atoms with Crippen LogP contribution in [0, 0.1) is 0 Å². The Hall–Kier alpha value is -0.600. The van der Waals surface area contributed by atoms with Gasteiger partial charge in [0, 0.05) is 6.42 Å². The number of halogens is 1.